The fourth-order valence-corrected chi connectivity index (χ4v) is 1.49. The average Bonchev–Trinajstić information content (AvgIpc) is 2.56. The van der Waals surface area contributed by atoms with Crippen LogP contribution in [0.1, 0.15) is 18.4 Å². The number of hydrogen-bond donors (Lipinski definition) is 2. The maximum absolute atomic E-state index is 11.0. The molecular formula is C10H9NO4. The number of fused-ring (bicyclic) bond motifs is 1. The highest BCUT2D eigenvalue weighted by atomic mass is 16.4. The Hall–Kier alpha value is -2.04. The van der Waals surface area contributed by atoms with Crippen LogP contribution in [0.4, 0.5) is 0 Å². The summed E-state index contributed by atoms with van der Waals surface area (Å²) in [6.45, 7) is 1.56. The molecule has 0 aliphatic rings. The minimum Gasteiger partial charge on any atom is -0.481 e. The van der Waals surface area contributed by atoms with Crippen molar-refractivity contribution in [2.45, 2.75) is 12.8 Å². The van der Waals surface area contributed by atoms with E-state index in [-0.39, 0.29) is 0 Å². The molecule has 0 fully saturated rings. The standard InChI is InChI=1S/C10H9NO4/c1-5(9(12)13)6-3-2-4-7-8(6)11-10(14)15-7/h2-5H,1H3,(H,11,14)(H,12,13). The smallest absolute Gasteiger partial charge is 0.417 e. The fourth-order valence-electron chi connectivity index (χ4n) is 1.49. The monoisotopic (exact) mass is 207 g/mol. The first-order valence-corrected chi connectivity index (χ1v) is 4.44. The average molecular weight is 207 g/mol. The van der Waals surface area contributed by atoms with Crippen molar-refractivity contribution in [3.8, 4) is 0 Å². The van der Waals surface area contributed by atoms with Gasteiger partial charge >= 0.3 is 11.7 Å². The second kappa shape index (κ2) is 3.27. The Kier molecular flexibility index (Phi) is 2.07. The van der Waals surface area contributed by atoms with Crippen molar-refractivity contribution in [3.05, 3.63) is 34.3 Å². The van der Waals surface area contributed by atoms with Gasteiger partial charge in [-0.2, -0.15) is 0 Å². The van der Waals surface area contributed by atoms with E-state index in [1.165, 1.54) is 0 Å². The highest BCUT2D eigenvalue weighted by Gasteiger charge is 2.18. The number of H-pyrrole nitrogens is 1. The van der Waals surface area contributed by atoms with Crippen LogP contribution in [-0.4, -0.2) is 16.1 Å². The Bertz CT molecular complexity index is 566. The maximum atomic E-state index is 11.0. The minimum absolute atomic E-state index is 0.380. The molecule has 0 aliphatic heterocycles. The van der Waals surface area contributed by atoms with Crippen LogP contribution in [0, 0.1) is 0 Å². The van der Waals surface area contributed by atoms with Gasteiger partial charge in [-0.25, -0.2) is 4.79 Å². The molecule has 5 nitrogen and oxygen atoms in total. The zero-order valence-corrected chi connectivity index (χ0v) is 7.98. The fraction of sp³-hybridized carbons (Fsp3) is 0.200. The quantitative estimate of drug-likeness (QED) is 0.777. The van der Waals surface area contributed by atoms with Crippen LogP contribution in [0.2, 0.25) is 0 Å². The number of aromatic nitrogens is 1. The van der Waals surface area contributed by atoms with Crippen molar-refractivity contribution >= 4 is 17.1 Å². The number of rotatable bonds is 2. The SMILES string of the molecule is CC(C(=O)O)c1cccc2oc(=O)[nH]c12. The Balaban J connectivity index is 2.70. The summed E-state index contributed by atoms with van der Waals surface area (Å²) in [6.07, 6.45) is 0. The molecule has 1 unspecified atom stereocenters. The summed E-state index contributed by atoms with van der Waals surface area (Å²) in [5, 5.41) is 8.88. The van der Waals surface area contributed by atoms with E-state index in [1.54, 1.807) is 25.1 Å². The first-order chi connectivity index (χ1) is 7.09. The largest absolute Gasteiger partial charge is 0.481 e. The van der Waals surface area contributed by atoms with Gasteiger partial charge < -0.3 is 9.52 Å². The topological polar surface area (TPSA) is 83.3 Å². The number of hydrogen-bond acceptors (Lipinski definition) is 3. The molecule has 0 radical (unpaired) electrons. The van der Waals surface area contributed by atoms with Gasteiger partial charge in [0.2, 0.25) is 0 Å². The van der Waals surface area contributed by atoms with E-state index >= 15 is 0 Å². The number of carboxylic acid groups (broad SMARTS) is 1. The number of aliphatic carboxylic acids is 1. The molecule has 0 saturated heterocycles. The number of aromatic amines is 1. The van der Waals surface area contributed by atoms with Crippen molar-refractivity contribution in [1.82, 2.24) is 4.98 Å². The van der Waals surface area contributed by atoms with E-state index in [0.717, 1.165) is 0 Å². The van der Waals surface area contributed by atoms with Crippen LogP contribution in [0.5, 0.6) is 0 Å². The first kappa shape index (κ1) is 9.51. The summed E-state index contributed by atoms with van der Waals surface area (Å²) < 4.78 is 4.83. The van der Waals surface area contributed by atoms with E-state index in [1.807, 2.05) is 0 Å². The predicted molar refractivity (Wildman–Crippen MR) is 52.9 cm³/mol. The molecule has 1 aromatic carbocycles. The lowest BCUT2D eigenvalue weighted by Crippen LogP contribution is -2.08. The maximum Gasteiger partial charge on any atom is 0.417 e. The van der Waals surface area contributed by atoms with Gasteiger partial charge in [-0.15, -0.1) is 0 Å². The molecule has 2 rings (SSSR count). The second-order valence-electron chi connectivity index (χ2n) is 3.29. The Morgan fingerprint density at radius 2 is 2.27 bits per heavy atom. The first-order valence-electron chi connectivity index (χ1n) is 4.44. The van der Waals surface area contributed by atoms with Crippen molar-refractivity contribution in [2.24, 2.45) is 0 Å². The molecule has 1 aromatic heterocycles. The Morgan fingerprint density at radius 1 is 1.53 bits per heavy atom. The molecule has 0 saturated carbocycles. The summed E-state index contributed by atoms with van der Waals surface area (Å²) in [5.41, 5.74) is 1.38. The van der Waals surface area contributed by atoms with E-state index in [0.29, 0.717) is 16.7 Å². The van der Waals surface area contributed by atoms with Crippen LogP contribution in [0.3, 0.4) is 0 Å². The zero-order valence-electron chi connectivity index (χ0n) is 7.98. The van der Waals surface area contributed by atoms with Crippen molar-refractivity contribution in [1.29, 1.82) is 0 Å². The zero-order chi connectivity index (χ0) is 11.0. The van der Waals surface area contributed by atoms with Crippen molar-refractivity contribution in [2.75, 3.05) is 0 Å². The van der Waals surface area contributed by atoms with Crippen molar-refractivity contribution < 1.29 is 14.3 Å². The van der Waals surface area contributed by atoms with Gasteiger partial charge in [0.25, 0.3) is 0 Å². The predicted octanol–water partition coefficient (Wildman–Crippen LogP) is 1.31. The van der Waals surface area contributed by atoms with E-state index in [9.17, 15) is 9.59 Å². The summed E-state index contributed by atoms with van der Waals surface area (Å²) in [5.74, 6) is -2.19. The molecule has 2 N–H and O–H groups in total. The second-order valence-corrected chi connectivity index (χ2v) is 3.29. The lowest BCUT2D eigenvalue weighted by Gasteiger charge is -2.06. The van der Waals surface area contributed by atoms with Gasteiger partial charge in [-0.3, -0.25) is 9.78 Å². The number of carboxylic acids is 1. The van der Waals surface area contributed by atoms with Gasteiger partial charge in [0.15, 0.2) is 5.58 Å². The number of benzene rings is 1. The van der Waals surface area contributed by atoms with E-state index in [2.05, 4.69) is 4.98 Å². The van der Waals surface area contributed by atoms with Gasteiger partial charge in [-0.1, -0.05) is 12.1 Å². The Morgan fingerprint density at radius 3 is 2.93 bits per heavy atom. The number of nitrogens with one attached hydrogen (secondary N) is 1. The molecule has 78 valence electrons. The van der Waals surface area contributed by atoms with Crippen LogP contribution >= 0.6 is 0 Å². The lowest BCUT2D eigenvalue weighted by molar-refractivity contribution is -0.138. The molecular weight excluding hydrogens is 198 g/mol. The molecule has 15 heavy (non-hydrogen) atoms. The van der Waals surface area contributed by atoms with Gasteiger partial charge in [0.05, 0.1) is 11.4 Å². The van der Waals surface area contributed by atoms with Crippen LogP contribution in [0.25, 0.3) is 11.1 Å². The third kappa shape index (κ3) is 1.52. The summed E-state index contributed by atoms with van der Waals surface area (Å²) >= 11 is 0. The van der Waals surface area contributed by atoms with E-state index < -0.39 is 17.6 Å². The summed E-state index contributed by atoms with van der Waals surface area (Å²) in [7, 11) is 0. The van der Waals surface area contributed by atoms with Gasteiger partial charge in [0.1, 0.15) is 0 Å². The molecule has 1 heterocycles. The van der Waals surface area contributed by atoms with Gasteiger partial charge in [-0.05, 0) is 18.6 Å². The third-order valence-corrected chi connectivity index (χ3v) is 2.33. The molecule has 2 aromatic rings. The molecule has 0 aliphatic carbocycles. The number of oxazole rings is 1. The lowest BCUT2D eigenvalue weighted by atomic mass is 10.0. The highest BCUT2D eigenvalue weighted by Crippen LogP contribution is 2.23. The molecule has 1 atom stereocenters. The number of para-hydroxylation sites is 1. The van der Waals surface area contributed by atoms with Crippen LogP contribution in [-0.2, 0) is 4.79 Å². The Labute approximate surface area is 84.3 Å². The molecule has 0 bridgehead atoms. The molecule has 5 heteroatoms. The molecule has 0 amide bonds. The normalized spacial score (nSPS) is 12.9. The van der Waals surface area contributed by atoms with Gasteiger partial charge in [0, 0.05) is 0 Å². The van der Waals surface area contributed by atoms with E-state index in [4.69, 9.17) is 9.52 Å². The summed E-state index contributed by atoms with van der Waals surface area (Å²) in [6, 6.07) is 4.94. The molecule has 0 spiro atoms. The van der Waals surface area contributed by atoms with Crippen LogP contribution < -0.4 is 5.76 Å². The van der Waals surface area contributed by atoms with Crippen LogP contribution in [0.15, 0.2) is 27.4 Å². The summed E-state index contributed by atoms with van der Waals surface area (Å²) in [4.78, 5) is 24.3. The highest BCUT2D eigenvalue weighted by molar-refractivity contribution is 5.84. The third-order valence-electron chi connectivity index (χ3n) is 2.33. The number of carbonyl (C=O) groups is 1. The minimum atomic E-state index is -0.940. The van der Waals surface area contributed by atoms with Crippen molar-refractivity contribution in [3.63, 3.8) is 0 Å².